The molecule has 1 N–H and O–H groups in total. The van der Waals surface area contributed by atoms with Crippen molar-refractivity contribution in [3.05, 3.63) is 64.9 Å². The van der Waals surface area contributed by atoms with Crippen molar-refractivity contribution in [2.75, 3.05) is 6.54 Å². The van der Waals surface area contributed by atoms with Crippen LogP contribution in [0.25, 0.3) is 0 Å². The molecule has 2 atom stereocenters. The minimum Gasteiger partial charge on any atom is -0.388 e. The number of nitrogens with zero attached hydrogens (tertiary/aromatic N) is 2. The van der Waals surface area contributed by atoms with Crippen molar-refractivity contribution in [3.63, 3.8) is 0 Å². The third-order valence-corrected chi connectivity index (χ3v) is 4.50. The van der Waals surface area contributed by atoms with Gasteiger partial charge < -0.3 is 10.0 Å². The monoisotopic (exact) mass is 330 g/mol. The summed E-state index contributed by atoms with van der Waals surface area (Å²) in [5.74, 6) is -0.0444. The van der Waals surface area contributed by atoms with Gasteiger partial charge in [0.05, 0.1) is 6.10 Å². The third-order valence-electron chi connectivity index (χ3n) is 4.29. The van der Waals surface area contributed by atoms with Gasteiger partial charge in [0.15, 0.2) is 0 Å². The second-order valence-corrected chi connectivity index (χ2v) is 6.21. The zero-order valence-electron chi connectivity index (χ0n) is 12.7. The zero-order chi connectivity index (χ0) is 16.2. The van der Waals surface area contributed by atoms with E-state index in [0.29, 0.717) is 23.7 Å². The minimum absolute atomic E-state index is 0.0444. The number of rotatable bonds is 4. The summed E-state index contributed by atoms with van der Waals surface area (Å²) in [5, 5.41) is 10.7. The first-order valence-electron chi connectivity index (χ1n) is 7.80. The number of benzene rings is 1. The third kappa shape index (κ3) is 3.71. The SMILES string of the molecule is O=C(c1ccnc(Cl)c1)N1CCC[C@@H]1C[C@@H](O)c1ccccc1. The second-order valence-electron chi connectivity index (χ2n) is 5.82. The average Bonchev–Trinajstić information content (AvgIpc) is 3.03. The van der Waals surface area contributed by atoms with Gasteiger partial charge in [0.1, 0.15) is 5.15 Å². The van der Waals surface area contributed by atoms with Crippen molar-refractivity contribution >= 4 is 17.5 Å². The predicted octanol–water partition coefficient (Wildman–Crippen LogP) is 3.46. The summed E-state index contributed by atoms with van der Waals surface area (Å²) in [5.41, 5.74) is 1.44. The van der Waals surface area contributed by atoms with E-state index in [-0.39, 0.29) is 11.9 Å². The standard InChI is InChI=1S/C18H19ClN2O2/c19-17-11-14(8-9-20-17)18(23)21-10-4-7-15(21)12-16(22)13-5-2-1-3-6-13/h1-3,5-6,8-9,11,15-16,22H,4,7,10,12H2/t15-,16-/m1/s1. The molecule has 2 heterocycles. The minimum atomic E-state index is -0.560. The molecule has 0 spiro atoms. The normalized spacial score (nSPS) is 18.9. The van der Waals surface area contributed by atoms with Gasteiger partial charge in [0.2, 0.25) is 0 Å². The molecule has 5 heteroatoms. The molecule has 23 heavy (non-hydrogen) atoms. The Morgan fingerprint density at radius 1 is 1.35 bits per heavy atom. The highest BCUT2D eigenvalue weighted by molar-refractivity contribution is 6.29. The number of hydrogen-bond donors (Lipinski definition) is 1. The molecule has 1 aliphatic heterocycles. The molecule has 1 aromatic heterocycles. The van der Waals surface area contributed by atoms with E-state index in [9.17, 15) is 9.90 Å². The Balaban J connectivity index is 1.71. The van der Waals surface area contributed by atoms with Crippen LogP contribution < -0.4 is 0 Å². The molecule has 0 bridgehead atoms. The van der Waals surface area contributed by atoms with Gasteiger partial charge in [-0.3, -0.25) is 4.79 Å². The molecule has 1 fully saturated rings. The second kappa shape index (κ2) is 7.11. The van der Waals surface area contributed by atoms with Crippen LogP contribution in [0.15, 0.2) is 48.7 Å². The molecule has 0 radical (unpaired) electrons. The summed E-state index contributed by atoms with van der Waals surface area (Å²) >= 11 is 5.87. The van der Waals surface area contributed by atoms with Crippen LogP contribution in [0.2, 0.25) is 5.15 Å². The Morgan fingerprint density at radius 3 is 2.87 bits per heavy atom. The molecular formula is C18H19ClN2O2. The fraction of sp³-hybridized carbons (Fsp3) is 0.333. The maximum Gasteiger partial charge on any atom is 0.254 e. The molecule has 1 aromatic carbocycles. The first-order valence-corrected chi connectivity index (χ1v) is 8.18. The van der Waals surface area contributed by atoms with Crippen molar-refractivity contribution in [1.29, 1.82) is 0 Å². The van der Waals surface area contributed by atoms with Crippen LogP contribution >= 0.6 is 11.6 Å². The van der Waals surface area contributed by atoms with Gasteiger partial charge in [-0.05, 0) is 37.0 Å². The van der Waals surface area contributed by atoms with Crippen molar-refractivity contribution in [2.24, 2.45) is 0 Å². The van der Waals surface area contributed by atoms with Crippen LogP contribution in [0.4, 0.5) is 0 Å². The first-order chi connectivity index (χ1) is 11.1. The summed E-state index contributed by atoms with van der Waals surface area (Å²) in [6, 6.07) is 12.9. The van der Waals surface area contributed by atoms with E-state index in [0.717, 1.165) is 18.4 Å². The fourth-order valence-corrected chi connectivity index (χ4v) is 3.29. The number of aromatic nitrogens is 1. The van der Waals surface area contributed by atoms with E-state index in [4.69, 9.17) is 11.6 Å². The number of likely N-dealkylation sites (tertiary alicyclic amines) is 1. The molecule has 1 saturated heterocycles. The quantitative estimate of drug-likeness (QED) is 0.873. The highest BCUT2D eigenvalue weighted by Gasteiger charge is 2.31. The smallest absolute Gasteiger partial charge is 0.254 e. The first kappa shape index (κ1) is 16.0. The number of hydrogen-bond acceptors (Lipinski definition) is 3. The average molecular weight is 331 g/mol. The maximum absolute atomic E-state index is 12.7. The van der Waals surface area contributed by atoms with Crippen LogP contribution in [0.1, 0.15) is 41.3 Å². The Morgan fingerprint density at radius 2 is 2.13 bits per heavy atom. The Bertz CT molecular complexity index is 678. The number of pyridine rings is 1. The molecular weight excluding hydrogens is 312 g/mol. The zero-order valence-corrected chi connectivity index (χ0v) is 13.5. The van der Waals surface area contributed by atoms with E-state index >= 15 is 0 Å². The topological polar surface area (TPSA) is 53.4 Å². The van der Waals surface area contributed by atoms with E-state index in [1.54, 1.807) is 18.3 Å². The lowest BCUT2D eigenvalue weighted by molar-refractivity contribution is 0.0667. The molecule has 1 amide bonds. The Labute approximate surface area is 140 Å². The van der Waals surface area contributed by atoms with Crippen molar-refractivity contribution < 1.29 is 9.90 Å². The number of halogens is 1. The summed E-state index contributed by atoms with van der Waals surface area (Å²) in [6.07, 6.45) is 3.40. The van der Waals surface area contributed by atoms with Gasteiger partial charge in [-0.1, -0.05) is 41.9 Å². The summed E-state index contributed by atoms with van der Waals surface area (Å²) in [4.78, 5) is 18.4. The lowest BCUT2D eigenvalue weighted by Gasteiger charge is -2.27. The van der Waals surface area contributed by atoms with Crippen molar-refractivity contribution in [1.82, 2.24) is 9.88 Å². The van der Waals surface area contributed by atoms with Crippen molar-refractivity contribution in [3.8, 4) is 0 Å². The van der Waals surface area contributed by atoms with Crippen LogP contribution in [-0.2, 0) is 0 Å². The summed E-state index contributed by atoms with van der Waals surface area (Å²) in [6.45, 7) is 0.713. The number of carbonyl (C=O) groups is 1. The molecule has 2 aromatic rings. The van der Waals surface area contributed by atoms with Gasteiger partial charge in [-0.2, -0.15) is 0 Å². The van der Waals surface area contributed by atoms with Gasteiger partial charge in [0.25, 0.3) is 5.91 Å². The van der Waals surface area contributed by atoms with E-state index in [1.807, 2.05) is 35.2 Å². The largest absolute Gasteiger partial charge is 0.388 e. The van der Waals surface area contributed by atoms with Gasteiger partial charge in [-0.15, -0.1) is 0 Å². The molecule has 0 aliphatic carbocycles. The van der Waals surface area contributed by atoms with Gasteiger partial charge in [-0.25, -0.2) is 4.98 Å². The van der Waals surface area contributed by atoms with Crippen LogP contribution in [-0.4, -0.2) is 33.5 Å². The fourth-order valence-electron chi connectivity index (χ4n) is 3.12. The number of aliphatic hydroxyl groups is 1. The molecule has 0 saturated carbocycles. The van der Waals surface area contributed by atoms with E-state index < -0.39 is 6.10 Å². The van der Waals surface area contributed by atoms with Gasteiger partial charge in [0, 0.05) is 24.3 Å². The maximum atomic E-state index is 12.7. The Hall–Kier alpha value is -1.91. The Kier molecular flexibility index (Phi) is 4.94. The number of carbonyl (C=O) groups excluding carboxylic acids is 1. The highest BCUT2D eigenvalue weighted by Crippen LogP contribution is 2.28. The van der Waals surface area contributed by atoms with E-state index in [2.05, 4.69) is 4.98 Å². The molecule has 4 nitrogen and oxygen atoms in total. The van der Waals surface area contributed by atoms with Crippen LogP contribution in [0.5, 0.6) is 0 Å². The molecule has 1 aliphatic rings. The lowest BCUT2D eigenvalue weighted by atomic mass is 10.0. The number of amides is 1. The summed E-state index contributed by atoms with van der Waals surface area (Å²) in [7, 11) is 0. The van der Waals surface area contributed by atoms with Crippen molar-refractivity contribution in [2.45, 2.75) is 31.4 Å². The summed E-state index contributed by atoms with van der Waals surface area (Å²) < 4.78 is 0. The molecule has 0 unspecified atom stereocenters. The predicted molar refractivity (Wildman–Crippen MR) is 89.3 cm³/mol. The molecule has 120 valence electrons. The lowest BCUT2D eigenvalue weighted by Crippen LogP contribution is -2.36. The van der Waals surface area contributed by atoms with Gasteiger partial charge >= 0.3 is 0 Å². The highest BCUT2D eigenvalue weighted by atomic mass is 35.5. The van der Waals surface area contributed by atoms with E-state index in [1.165, 1.54) is 0 Å². The molecule has 3 rings (SSSR count). The van der Waals surface area contributed by atoms with Crippen LogP contribution in [0, 0.1) is 0 Å². The number of aliphatic hydroxyl groups excluding tert-OH is 1. The van der Waals surface area contributed by atoms with Crippen LogP contribution in [0.3, 0.4) is 0 Å².